The van der Waals surface area contributed by atoms with E-state index in [1.54, 1.807) is 0 Å². The number of hydrogen-bond donors (Lipinski definition) is 0. The van der Waals surface area contributed by atoms with Crippen LogP contribution in [0.4, 0.5) is 0 Å². The Labute approximate surface area is 380 Å². The first-order valence-electron chi connectivity index (χ1n) is 22.2. The van der Waals surface area contributed by atoms with Crippen LogP contribution < -0.4 is 0 Å². The van der Waals surface area contributed by atoms with E-state index in [1.807, 2.05) is 22.7 Å². The zero-order chi connectivity index (χ0) is 42.3. The largest absolute Gasteiger partial charge is 0.309 e. The lowest BCUT2D eigenvalue weighted by molar-refractivity contribution is 1.13. The van der Waals surface area contributed by atoms with Crippen molar-refractivity contribution in [2.75, 3.05) is 0 Å². The van der Waals surface area contributed by atoms with Crippen molar-refractivity contribution in [2.24, 2.45) is 0 Å². The number of aromatic nitrogens is 3. The normalized spacial score (nSPS) is 12.3. The molecule has 10 aromatic carbocycles. The molecule has 302 valence electrons. The van der Waals surface area contributed by atoms with E-state index < -0.39 is 0 Å². The van der Waals surface area contributed by atoms with E-state index in [-0.39, 0.29) is 0 Å². The van der Waals surface area contributed by atoms with Crippen LogP contribution in [0.2, 0.25) is 0 Å². The number of rotatable bonds is 4. The molecular weight excluding hydrogens is 827 g/mol. The molecule has 0 amide bonds. The quantitative estimate of drug-likeness (QED) is 0.167. The summed E-state index contributed by atoms with van der Waals surface area (Å²) in [6, 6.07) is 79.2. The van der Waals surface area contributed by atoms with Crippen molar-refractivity contribution >= 4 is 128 Å². The number of hydrogen-bond acceptors (Lipinski definition) is 2. The lowest BCUT2D eigenvalue weighted by Gasteiger charge is -2.16. The first-order valence-corrected chi connectivity index (χ1v) is 23.8. The van der Waals surface area contributed by atoms with Crippen LogP contribution in [0.5, 0.6) is 0 Å². The molecule has 5 heteroatoms. The van der Waals surface area contributed by atoms with E-state index in [2.05, 4.69) is 226 Å². The van der Waals surface area contributed by atoms with Crippen LogP contribution in [0.3, 0.4) is 0 Å². The van der Waals surface area contributed by atoms with Gasteiger partial charge in [0.15, 0.2) is 0 Å². The fourth-order valence-corrected chi connectivity index (χ4v) is 13.2. The van der Waals surface area contributed by atoms with Gasteiger partial charge in [0.2, 0.25) is 0 Å². The average molecular weight is 862 g/mol. The highest BCUT2D eigenvalue weighted by Gasteiger charge is 2.23. The van der Waals surface area contributed by atoms with E-state index in [0.717, 1.165) is 11.4 Å². The van der Waals surface area contributed by atoms with Gasteiger partial charge in [-0.3, -0.25) is 0 Å². The van der Waals surface area contributed by atoms with Crippen LogP contribution >= 0.6 is 22.7 Å². The van der Waals surface area contributed by atoms with Gasteiger partial charge < -0.3 is 13.7 Å². The monoisotopic (exact) mass is 861 g/mol. The minimum atomic E-state index is 1.15. The van der Waals surface area contributed by atoms with Gasteiger partial charge in [0.05, 0.1) is 38.8 Å². The van der Waals surface area contributed by atoms with Crippen LogP contribution in [0.25, 0.3) is 134 Å². The molecule has 15 rings (SSSR count). The second kappa shape index (κ2) is 13.3. The first-order chi connectivity index (χ1) is 32.2. The predicted molar refractivity (Wildman–Crippen MR) is 281 cm³/mol. The Morgan fingerprint density at radius 1 is 0.246 bits per heavy atom. The molecule has 0 N–H and O–H groups in total. The zero-order valence-corrected chi connectivity index (χ0v) is 36.5. The fourth-order valence-electron chi connectivity index (χ4n) is 11.0. The van der Waals surface area contributed by atoms with Crippen LogP contribution in [-0.2, 0) is 0 Å². The van der Waals surface area contributed by atoms with E-state index in [1.165, 1.54) is 123 Å². The summed E-state index contributed by atoms with van der Waals surface area (Å²) in [5.74, 6) is 0. The van der Waals surface area contributed by atoms with Crippen LogP contribution in [0, 0.1) is 0 Å². The number of benzene rings is 10. The second-order valence-corrected chi connectivity index (χ2v) is 19.4. The number of para-hydroxylation sites is 4. The Morgan fingerprint density at radius 2 is 0.662 bits per heavy atom. The molecule has 5 heterocycles. The Bertz CT molecular complexity index is 4440. The molecule has 0 saturated carbocycles. The van der Waals surface area contributed by atoms with Crippen molar-refractivity contribution in [2.45, 2.75) is 0 Å². The molecule has 0 aliphatic rings. The third-order valence-electron chi connectivity index (χ3n) is 13.8. The summed E-state index contributed by atoms with van der Waals surface area (Å²) in [5.41, 5.74) is 13.0. The summed E-state index contributed by atoms with van der Waals surface area (Å²) in [4.78, 5) is 0. The van der Waals surface area contributed by atoms with Crippen molar-refractivity contribution in [1.29, 1.82) is 0 Å². The smallest absolute Gasteiger partial charge is 0.0782 e. The lowest BCUT2D eigenvalue weighted by Crippen LogP contribution is -2.01. The fraction of sp³-hybridized carbons (Fsp3) is 0. The molecule has 0 spiro atoms. The third kappa shape index (κ3) is 4.99. The van der Waals surface area contributed by atoms with Crippen LogP contribution in [-0.4, -0.2) is 13.7 Å². The molecule has 0 radical (unpaired) electrons. The van der Waals surface area contributed by atoms with Crippen molar-refractivity contribution in [3.63, 3.8) is 0 Å². The maximum Gasteiger partial charge on any atom is 0.0782 e. The average Bonchev–Trinajstić information content (AvgIpc) is 4.17. The lowest BCUT2D eigenvalue weighted by atomic mass is 9.99. The summed E-state index contributed by atoms with van der Waals surface area (Å²) in [6.45, 7) is 0. The molecule has 3 nitrogen and oxygen atoms in total. The minimum Gasteiger partial charge on any atom is -0.309 e. The highest BCUT2D eigenvalue weighted by molar-refractivity contribution is 7.26. The van der Waals surface area contributed by atoms with Gasteiger partial charge in [0.25, 0.3) is 0 Å². The summed E-state index contributed by atoms with van der Waals surface area (Å²) in [7, 11) is 0. The van der Waals surface area contributed by atoms with Crippen molar-refractivity contribution in [3.05, 3.63) is 212 Å². The molecule has 5 aromatic heterocycles. The van der Waals surface area contributed by atoms with Gasteiger partial charge in [-0.2, -0.15) is 0 Å². The van der Waals surface area contributed by atoms with Gasteiger partial charge in [0.1, 0.15) is 0 Å². The SMILES string of the molecule is c1ccc2c(c1)sc1ccc(-n3c4ccccc4c4cc(-c5cc(-n6c7ccccc7c7ccccc76)c6c(c5)c5ccccc5n6-c5ccc6sc7ccccc7c6c5)ccc43)cc12. The first kappa shape index (κ1) is 35.5. The highest BCUT2D eigenvalue weighted by Crippen LogP contribution is 2.45. The van der Waals surface area contributed by atoms with Gasteiger partial charge in [-0.15, -0.1) is 22.7 Å². The number of nitrogens with zero attached hydrogens (tertiary/aromatic N) is 3. The standard InChI is InChI=1S/C60H35N3S2/c1-9-21-52-40(13-1)41-14-2-10-22-53(41)63(52)55-33-37(32-49-43-16-4-8-20-51(43)62(60(49)55)39-27-30-59-48(35-39)45-18-6-12-24-57(45)65-59)36-25-28-54-46(31-36)42-15-3-7-19-50(42)61(54)38-26-29-58-47(34-38)44-17-5-11-23-56(44)64-58/h1-35H. The minimum absolute atomic E-state index is 1.15. The van der Waals surface area contributed by atoms with E-state index in [4.69, 9.17) is 0 Å². The molecule has 0 unspecified atom stereocenters. The summed E-state index contributed by atoms with van der Waals surface area (Å²) >= 11 is 3.73. The van der Waals surface area contributed by atoms with E-state index in [9.17, 15) is 0 Å². The molecule has 0 atom stereocenters. The predicted octanol–water partition coefficient (Wildman–Crippen LogP) is 17.4. The molecule has 0 bridgehead atoms. The Hall–Kier alpha value is -7.96. The Morgan fingerprint density at radius 3 is 1.25 bits per heavy atom. The van der Waals surface area contributed by atoms with Crippen molar-refractivity contribution in [1.82, 2.24) is 13.7 Å². The van der Waals surface area contributed by atoms with E-state index in [0.29, 0.717) is 0 Å². The molecule has 65 heavy (non-hydrogen) atoms. The maximum absolute atomic E-state index is 2.52. The molecule has 0 fully saturated rings. The van der Waals surface area contributed by atoms with Gasteiger partial charge in [-0.25, -0.2) is 0 Å². The topological polar surface area (TPSA) is 14.8 Å². The van der Waals surface area contributed by atoms with Crippen molar-refractivity contribution in [3.8, 4) is 28.2 Å². The van der Waals surface area contributed by atoms with Crippen LogP contribution in [0.1, 0.15) is 0 Å². The van der Waals surface area contributed by atoms with Gasteiger partial charge in [-0.1, -0.05) is 115 Å². The zero-order valence-electron chi connectivity index (χ0n) is 34.9. The molecular formula is C60H35N3S2. The summed E-state index contributed by atoms with van der Waals surface area (Å²) in [6.07, 6.45) is 0. The number of fused-ring (bicyclic) bond motifs is 15. The third-order valence-corrected chi connectivity index (χ3v) is 16.1. The summed E-state index contributed by atoms with van der Waals surface area (Å²) in [5, 5.41) is 12.7. The Balaban J connectivity index is 1.02. The Kier molecular flexibility index (Phi) is 7.26. The molecule has 0 saturated heterocycles. The summed E-state index contributed by atoms with van der Waals surface area (Å²) < 4.78 is 12.7. The van der Waals surface area contributed by atoms with Crippen LogP contribution in [0.15, 0.2) is 212 Å². The number of thiophene rings is 2. The molecule has 0 aliphatic carbocycles. The maximum atomic E-state index is 2.52. The second-order valence-electron chi connectivity index (χ2n) is 17.3. The van der Waals surface area contributed by atoms with Gasteiger partial charge in [0, 0.05) is 84.0 Å². The van der Waals surface area contributed by atoms with Crippen molar-refractivity contribution < 1.29 is 0 Å². The molecule has 15 aromatic rings. The van der Waals surface area contributed by atoms with Gasteiger partial charge >= 0.3 is 0 Å². The molecule has 0 aliphatic heterocycles. The van der Waals surface area contributed by atoms with Gasteiger partial charge in [-0.05, 0) is 108 Å². The van der Waals surface area contributed by atoms with E-state index >= 15 is 0 Å². The highest BCUT2D eigenvalue weighted by atomic mass is 32.1.